The highest BCUT2D eigenvalue weighted by Gasteiger charge is 2.40. The second-order valence-electron chi connectivity index (χ2n) is 8.76. The zero-order chi connectivity index (χ0) is 24.1. The maximum Gasteiger partial charge on any atom is 0.391 e. The van der Waals surface area contributed by atoms with Gasteiger partial charge in [-0.2, -0.15) is 13.2 Å². The highest BCUT2D eigenvalue weighted by atomic mass is 35.5. The molecule has 184 valence electrons. The lowest BCUT2D eigenvalue weighted by atomic mass is 9.96. The molecular weight excluding hydrogens is 467 g/mol. The first-order valence-electron chi connectivity index (χ1n) is 11.6. The van der Waals surface area contributed by atoms with Gasteiger partial charge in [-0.15, -0.1) is 0 Å². The number of nitrogens with zero attached hydrogens (tertiary/aromatic N) is 3. The minimum absolute atomic E-state index is 0.0158. The van der Waals surface area contributed by atoms with Crippen LogP contribution in [-0.2, 0) is 0 Å². The van der Waals surface area contributed by atoms with Crippen LogP contribution in [0.1, 0.15) is 23.2 Å². The molecule has 9 heteroatoms. The van der Waals surface area contributed by atoms with Gasteiger partial charge in [-0.25, -0.2) is 0 Å². The summed E-state index contributed by atoms with van der Waals surface area (Å²) in [7, 11) is 0. The standard InChI is InChI=1S/C25H29ClF3N3O2/c26-22-3-1-2-4-23(22)31-13-15-32(16-14-31)24(33)19-5-7-21(8-6-19)34-18-17-30-11-9-20(10-12-30)25(27,28)29/h1-8,20H,9-18H2. The smallest absolute Gasteiger partial charge is 0.391 e. The average molecular weight is 496 g/mol. The Kier molecular flexibility index (Phi) is 7.88. The molecule has 0 radical (unpaired) electrons. The van der Waals surface area contributed by atoms with E-state index in [1.165, 1.54) is 0 Å². The zero-order valence-corrected chi connectivity index (χ0v) is 19.7. The minimum Gasteiger partial charge on any atom is -0.492 e. The molecule has 2 fully saturated rings. The Bertz CT molecular complexity index is 955. The van der Waals surface area contributed by atoms with E-state index in [0.29, 0.717) is 55.7 Å². The fourth-order valence-electron chi connectivity index (χ4n) is 4.51. The molecule has 34 heavy (non-hydrogen) atoms. The summed E-state index contributed by atoms with van der Waals surface area (Å²) in [5, 5.41) is 0.712. The van der Waals surface area contributed by atoms with Crippen LogP contribution in [0.5, 0.6) is 5.75 Å². The number of ether oxygens (including phenoxy) is 1. The third-order valence-corrected chi connectivity index (χ3v) is 6.91. The third kappa shape index (κ3) is 6.16. The Balaban J connectivity index is 1.20. The van der Waals surface area contributed by atoms with Gasteiger partial charge in [0.05, 0.1) is 16.6 Å². The molecule has 0 aromatic heterocycles. The molecule has 0 saturated carbocycles. The van der Waals surface area contributed by atoms with Crippen molar-refractivity contribution in [2.24, 2.45) is 5.92 Å². The van der Waals surface area contributed by atoms with E-state index in [1.54, 1.807) is 24.3 Å². The molecule has 2 saturated heterocycles. The molecule has 0 unspecified atom stereocenters. The van der Waals surface area contributed by atoms with Crippen molar-refractivity contribution in [3.63, 3.8) is 0 Å². The van der Waals surface area contributed by atoms with Gasteiger partial charge < -0.3 is 14.5 Å². The van der Waals surface area contributed by atoms with Crippen molar-refractivity contribution >= 4 is 23.2 Å². The number of carbonyl (C=O) groups excluding carboxylic acids is 1. The van der Waals surface area contributed by atoms with Crippen molar-refractivity contribution in [1.82, 2.24) is 9.80 Å². The molecule has 0 N–H and O–H groups in total. The SMILES string of the molecule is O=C(c1ccc(OCCN2CCC(C(F)(F)F)CC2)cc1)N1CCN(c2ccccc2Cl)CC1. The largest absolute Gasteiger partial charge is 0.492 e. The van der Waals surface area contributed by atoms with Gasteiger partial charge in [0, 0.05) is 38.3 Å². The van der Waals surface area contributed by atoms with Crippen molar-refractivity contribution in [3.8, 4) is 5.75 Å². The second kappa shape index (κ2) is 10.9. The summed E-state index contributed by atoms with van der Waals surface area (Å²) in [5.74, 6) is -0.558. The Hall–Kier alpha value is -2.45. The first-order valence-corrected chi connectivity index (χ1v) is 12.0. The summed E-state index contributed by atoms with van der Waals surface area (Å²) in [4.78, 5) is 18.9. The predicted molar refractivity (Wildman–Crippen MR) is 127 cm³/mol. The van der Waals surface area contributed by atoms with E-state index in [-0.39, 0.29) is 18.7 Å². The molecule has 0 aliphatic carbocycles. The van der Waals surface area contributed by atoms with Gasteiger partial charge in [0.2, 0.25) is 0 Å². The summed E-state index contributed by atoms with van der Waals surface area (Å²) in [6.07, 6.45) is -3.80. The number of likely N-dealkylation sites (tertiary alicyclic amines) is 1. The molecule has 0 atom stereocenters. The number of para-hydroxylation sites is 1. The fraction of sp³-hybridized carbons (Fsp3) is 0.480. The molecule has 2 aliphatic heterocycles. The molecule has 4 rings (SSSR count). The normalized spacial score (nSPS) is 18.2. The molecule has 2 aromatic carbocycles. The number of alkyl halides is 3. The average Bonchev–Trinajstić information content (AvgIpc) is 2.84. The number of carbonyl (C=O) groups is 1. The monoisotopic (exact) mass is 495 g/mol. The topological polar surface area (TPSA) is 36.0 Å². The van der Waals surface area contributed by atoms with Crippen LogP contribution in [0.3, 0.4) is 0 Å². The van der Waals surface area contributed by atoms with Crippen molar-refractivity contribution in [3.05, 3.63) is 59.1 Å². The maximum absolute atomic E-state index is 12.9. The molecular formula is C25H29ClF3N3O2. The molecule has 5 nitrogen and oxygen atoms in total. The number of amides is 1. The minimum atomic E-state index is -4.09. The lowest BCUT2D eigenvalue weighted by molar-refractivity contribution is -0.185. The summed E-state index contributed by atoms with van der Waals surface area (Å²) < 4.78 is 44.1. The molecule has 1 amide bonds. The molecule has 0 spiro atoms. The van der Waals surface area contributed by atoms with Crippen LogP contribution >= 0.6 is 11.6 Å². The zero-order valence-electron chi connectivity index (χ0n) is 18.9. The Morgan fingerprint density at radius 1 is 0.941 bits per heavy atom. The summed E-state index contributed by atoms with van der Waals surface area (Å²) in [5.41, 5.74) is 1.59. The van der Waals surface area contributed by atoms with Gasteiger partial charge in [-0.1, -0.05) is 23.7 Å². The third-order valence-electron chi connectivity index (χ3n) is 6.59. The van der Waals surface area contributed by atoms with Crippen LogP contribution < -0.4 is 9.64 Å². The Labute approximate surface area is 203 Å². The number of hydrogen-bond acceptors (Lipinski definition) is 4. The first kappa shape index (κ1) is 24.7. The lowest BCUT2D eigenvalue weighted by Gasteiger charge is -2.36. The lowest BCUT2D eigenvalue weighted by Crippen LogP contribution is -2.48. The van der Waals surface area contributed by atoms with E-state index in [2.05, 4.69) is 4.90 Å². The molecule has 2 heterocycles. The van der Waals surface area contributed by atoms with Crippen molar-refractivity contribution in [2.45, 2.75) is 19.0 Å². The second-order valence-corrected chi connectivity index (χ2v) is 9.17. The van der Waals surface area contributed by atoms with E-state index in [4.69, 9.17) is 16.3 Å². The van der Waals surface area contributed by atoms with E-state index in [1.807, 2.05) is 34.1 Å². The van der Waals surface area contributed by atoms with E-state index in [0.717, 1.165) is 18.8 Å². The van der Waals surface area contributed by atoms with Crippen LogP contribution in [0.2, 0.25) is 5.02 Å². The number of hydrogen-bond donors (Lipinski definition) is 0. The van der Waals surface area contributed by atoms with Crippen LogP contribution in [0.4, 0.5) is 18.9 Å². The number of rotatable bonds is 6. The Morgan fingerprint density at radius 2 is 1.59 bits per heavy atom. The Morgan fingerprint density at radius 3 is 2.21 bits per heavy atom. The van der Waals surface area contributed by atoms with Crippen molar-refractivity contribution < 1.29 is 22.7 Å². The maximum atomic E-state index is 12.9. The molecule has 2 aromatic rings. The van der Waals surface area contributed by atoms with Gasteiger partial charge in [0.1, 0.15) is 12.4 Å². The van der Waals surface area contributed by atoms with Crippen LogP contribution in [0.25, 0.3) is 0 Å². The van der Waals surface area contributed by atoms with E-state index < -0.39 is 12.1 Å². The first-order chi connectivity index (χ1) is 16.3. The summed E-state index contributed by atoms with van der Waals surface area (Å²) in [6, 6.07) is 14.8. The van der Waals surface area contributed by atoms with E-state index in [9.17, 15) is 18.0 Å². The van der Waals surface area contributed by atoms with Crippen molar-refractivity contribution in [1.29, 1.82) is 0 Å². The molecule has 0 bridgehead atoms. The number of anilines is 1. The number of halogens is 4. The quantitative estimate of drug-likeness (QED) is 0.568. The summed E-state index contributed by atoms with van der Waals surface area (Å²) >= 11 is 6.29. The number of piperidine rings is 1. The number of benzene rings is 2. The van der Waals surface area contributed by atoms with Crippen LogP contribution in [0.15, 0.2) is 48.5 Å². The van der Waals surface area contributed by atoms with Gasteiger partial charge in [-0.05, 0) is 62.3 Å². The van der Waals surface area contributed by atoms with Crippen LogP contribution in [0, 0.1) is 5.92 Å². The van der Waals surface area contributed by atoms with Gasteiger partial charge >= 0.3 is 6.18 Å². The highest BCUT2D eigenvalue weighted by Crippen LogP contribution is 2.34. The predicted octanol–water partition coefficient (Wildman–Crippen LogP) is 4.96. The van der Waals surface area contributed by atoms with Crippen molar-refractivity contribution in [2.75, 3.05) is 57.3 Å². The fourth-order valence-corrected chi connectivity index (χ4v) is 4.77. The van der Waals surface area contributed by atoms with E-state index >= 15 is 0 Å². The molecule has 2 aliphatic rings. The number of piperazine rings is 1. The van der Waals surface area contributed by atoms with Crippen LogP contribution in [-0.4, -0.2) is 74.3 Å². The summed E-state index contributed by atoms with van der Waals surface area (Å²) in [6.45, 7) is 4.53. The van der Waals surface area contributed by atoms with Gasteiger partial charge in [0.25, 0.3) is 5.91 Å². The highest BCUT2D eigenvalue weighted by molar-refractivity contribution is 6.33. The van der Waals surface area contributed by atoms with Gasteiger partial charge in [-0.3, -0.25) is 9.69 Å². The van der Waals surface area contributed by atoms with Gasteiger partial charge in [0.15, 0.2) is 0 Å².